The molecule has 7 heteroatoms. The van der Waals surface area contributed by atoms with Crippen LogP contribution < -0.4 is 20.1 Å². The largest absolute Gasteiger partial charge is 0.493 e. The second-order valence-corrected chi connectivity index (χ2v) is 5.28. The molecule has 1 aromatic rings. The highest BCUT2D eigenvalue weighted by molar-refractivity contribution is 14.0. The maximum atomic E-state index is 5.61. The molecule has 1 aliphatic rings. The number of methoxy groups -OCH3 is 1. The number of ether oxygens (including phenoxy) is 3. The van der Waals surface area contributed by atoms with Crippen LogP contribution in [0.4, 0.5) is 5.69 Å². The quantitative estimate of drug-likeness (QED) is 0.380. The van der Waals surface area contributed by atoms with Crippen LogP contribution in [0.15, 0.2) is 23.2 Å². The third-order valence-corrected chi connectivity index (χ3v) is 3.55. The second kappa shape index (κ2) is 11.4. The van der Waals surface area contributed by atoms with Crippen LogP contribution in [0.3, 0.4) is 0 Å². The zero-order chi connectivity index (χ0) is 16.5. The maximum absolute atomic E-state index is 5.61. The van der Waals surface area contributed by atoms with Crippen molar-refractivity contribution in [2.75, 3.05) is 38.7 Å². The molecule has 1 atom stereocenters. The van der Waals surface area contributed by atoms with Gasteiger partial charge in [-0.1, -0.05) is 0 Å². The average molecular weight is 449 g/mol. The Morgan fingerprint density at radius 1 is 1.33 bits per heavy atom. The van der Waals surface area contributed by atoms with Crippen LogP contribution in [0.5, 0.6) is 11.5 Å². The summed E-state index contributed by atoms with van der Waals surface area (Å²) in [6.07, 6.45) is 2.44. The van der Waals surface area contributed by atoms with Crippen LogP contribution in [0, 0.1) is 0 Å². The molecule has 1 aromatic carbocycles. The highest BCUT2D eigenvalue weighted by atomic mass is 127. The van der Waals surface area contributed by atoms with Crippen LogP contribution in [-0.4, -0.2) is 45.5 Å². The molecule has 1 fully saturated rings. The van der Waals surface area contributed by atoms with Gasteiger partial charge in [-0.15, -0.1) is 24.0 Å². The second-order valence-electron chi connectivity index (χ2n) is 5.28. The van der Waals surface area contributed by atoms with Gasteiger partial charge in [0.05, 0.1) is 26.4 Å². The molecule has 0 aliphatic carbocycles. The highest BCUT2D eigenvalue weighted by Crippen LogP contribution is 2.30. The fraction of sp³-hybridized carbons (Fsp3) is 0.588. The lowest BCUT2D eigenvalue weighted by Crippen LogP contribution is -2.31. The zero-order valence-corrected chi connectivity index (χ0v) is 17.0. The number of nitrogens with one attached hydrogen (secondary N) is 2. The average Bonchev–Trinajstić information content (AvgIpc) is 3.08. The van der Waals surface area contributed by atoms with Crippen molar-refractivity contribution >= 4 is 35.6 Å². The normalized spacial score (nSPS) is 17.1. The summed E-state index contributed by atoms with van der Waals surface area (Å²) in [5, 5.41) is 6.54. The lowest BCUT2D eigenvalue weighted by atomic mass is 10.2. The Labute approximate surface area is 161 Å². The SMILES string of the molecule is CCNC(=NCC1CCCO1)Nc1ccc(OCC)c(OC)c1.I. The molecule has 6 nitrogen and oxygen atoms in total. The molecule has 0 amide bonds. The van der Waals surface area contributed by atoms with Crippen molar-refractivity contribution in [3.05, 3.63) is 18.2 Å². The van der Waals surface area contributed by atoms with Gasteiger partial charge in [-0.25, -0.2) is 0 Å². The minimum Gasteiger partial charge on any atom is -0.493 e. The van der Waals surface area contributed by atoms with Gasteiger partial charge in [0.1, 0.15) is 0 Å². The molecule has 0 spiro atoms. The number of aliphatic imine (C=N–C) groups is 1. The first-order valence-corrected chi connectivity index (χ1v) is 8.24. The molecule has 1 unspecified atom stereocenters. The topological polar surface area (TPSA) is 64.1 Å². The van der Waals surface area contributed by atoms with Crippen molar-refractivity contribution in [3.63, 3.8) is 0 Å². The first kappa shape index (κ1) is 20.8. The number of hydrogen-bond donors (Lipinski definition) is 2. The molecule has 2 N–H and O–H groups in total. The zero-order valence-electron chi connectivity index (χ0n) is 14.6. The lowest BCUT2D eigenvalue weighted by molar-refractivity contribution is 0.118. The summed E-state index contributed by atoms with van der Waals surface area (Å²) in [6.45, 7) is 6.92. The van der Waals surface area contributed by atoms with Crippen molar-refractivity contribution in [3.8, 4) is 11.5 Å². The predicted octanol–water partition coefficient (Wildman–Crippen LogP) is 3.27. The van der Waals surface area contributed by atoms with Crippen LogP contribution >= 0.6 is 24.0 Å². The van der Waals surface area contributed by atoms with Gasteiger partial charge in [-0.2, -0.15) is 0 Å². The minimum absolute atomic E-state index is 0. The van der Waals surface area contributed by atoms with Gasteiger partial charge in [-0.3, -0.25) is 4.99 Å². The molecule has 1 saturated heterocycles. The first-order valence-electron chi connectivity index (χ1n) is 8.24. The van der Waals surface area contributed by atoms with Crippen LogP contribution in [0.1, 0.15) is 26.7 Å². The summed E-state index contributed by atoms with van der Waals surface area (Å²) in [7, 11) is 1.64. The first-order chi connectivity index (χ1) is 11.3. The van der Waals surface area contributed by atoms with Gasteiger partial charge >= 0.3 is 0 Å². The Morgan fingerprint density at radius 3 is 2.79 bits per heavy atom. The van der Waals surface area contributed by atoms with Crippen LogP contribution in [0.2, 0.25) is 0 Å². The molecule has 2 rings (SSSR count). The molecular formula is C17H28IN3O3. The van der Waals surface area contributed by atoms with Crippen molar-refractivity contribution in [1.29, 1.82) is 0 Å². The molecule has 0 radical (unpaired) electrons. The van der Waals surface area contributed by atoms with Gasteiger partial charge < -0.3 is 24.8 Å². The molecule has 1 heterocycles. The van der Waals surface area contributed by atoms with Crippen molar-refractivity contribution < 1.29 is 14.2 Å². The van der Waals surface area contributed by atoms with E-state index < -0.39 is 0 Å². The molecule has 0 saturated carbocycles. The fourth-order valence-corrected chi connectivity index (χ4v) is 2.45. The van der Waals surface area contributed by atoms with Gasteiger partial charge in [0, 0.05) is 24.9 Å². The number of rotatable bonds is 7. The summed E-state index contributed by atoms with van der Waals surface area (Å²) in [6, 6.07) is 5.75. The van der Waals surface area contributed by atoms with Gasteiger partial charge in [-0.05, 0) is 38.8 Å². The van der Waals surface area contributed by atoms with E-state index in [9.17, 15) is 0 Å². The Balaban J connectivity index is 0.00000288. The van der Waals surface area contributed by atoms with Crippen molar-refractivity contribution in [2.24, 2.45) is 4.99 Å². The Bertz CT molecular complexity index is 520. The summed E-state index contributed by atoms with van der Waals surface area (Å²) in [4.78, 5) is 4.60. The number of guanidine groups is 1. The minimum atomic E-state index is 0. The van der Waals surface area contributed by atoms with Crippen LogP contribution in [-0.2, 0) is 4.74 Å². The summed E-state index contributed by atoms with van der Waals surface area (Å²) in [5.74, 6) is 2.18. The fourth-order valence-electron chi connectivity index (χ4n) is 2.45. The van der Waals surface area contributed by atoms with E-state index >= 15 is 0 Å². The Kier molecular flexibility index (Phi) is 9.85. The molecule has 0 bridgehead atoms. The summed E-state index contributed by atoms with van der Waals surface area (Å²) in [5.41, 5.74) is 0.900. The van der Waals surface area contributed by atoms with Gasteiger partial charge in [0.25, 0.3) is 0 Å². The van der Waals surface area contributed by atoms with E-state index in [-0.39, 0.29) is 30.1 Å². The van der Waals surface area contributed by atoms with Gasteiger partial charge in [0.2, 0.25) is 0 Å². The lowest BCUT2D eigenvalue weighted by Gasteiger charge is -2.15. The number of benzene rings is 1. The molecule has 1 aliphatic heterocycles. The third-order valence-electron chi connectivity index (χ3n) is 3.55. The number of hydrogen-bond acceptors (Lipinski definition) is 4. The Hall–Kier alpha value is -1.22. The van der Waals surface area contributed by atoms with E-state index in [0.717, 1.165) is 43.4 Å². The van der Waals surface area contributed by atoms with Crippen molar-refractivity contribution in [2.45, 2.75) is 32.8 Å². The number of nitrogens with zero attached hydrogens (tertiary/aromatic N) is 1. The highest BCUT2D eigenvalue weighted by Gasteiger charge is 2.15. The van der Waals surface area contributed by atoms with E-state index in [1.165, 1.54) is 0 Å². The van der Waals surface area contributed by atoms with Gasteiger partial charge in [0.15, 0.2) is 17.5 Å². The van der Waals surface area contributed by atoms with E-state index in [2.05, 4.69) is 15.6 Å². The summed E-state index contributed by atoms with van der Waals surface area (Å²) < 4.78 is 16.5. The van der Waals surface area contributed by atoms with Crippen LogP contribution in [0.25, 0.3) is 0 Å². The van der Waals surface area contributed by atoms with Crippen molar-refractivity contribution in [1.82, 2.24) is 5.32 Å². The predicted molar refractivity (Wildman–Crippen MR) is 108 cm³/mol. The standard InChI is InChI=1S/C17H27N3O3.HI/c1-4-18-17(19-12-14-7-6-10-23-14)20-13-8-9-15(22-5-2)16(11-13)21-3;/h8-9,11,14H,4-7,10,12H2,1-3H3,(H2,18,19,20);1H. The van der Waals surface area contributed by atoms with E-state index in [4.69, 9.17) is 14.2 Å². The number of anilines is 1. The molecular weight excluding hydrogens is 421 g/mol. The van der Waals surface area contributed by atoms with E-state index in [1.807, 2.05) is 32.0 Å². The molecule has 0 aromatic heterocycles. The molecule has 136 valence electrons. The number of halogens is 1. The van der Waals surface area contributed by atoms with E-state index in [1.54, 1.807) is 7.11 Å². The smallest absolute Gasteiger partial charge is 0.195 e. The summed E-state index contributed by atoms with van der Waals surface area (Å²) >= 11 is 0. The molecule has 24 heavy (non-hydrogen) atoms. The Morgan fingerprint density at radius 2 is 2.17 bits per heavy atom. The monoisotopic (exact) mass is 449 g/mol. The third kappa shape index (κ3) is 6.35. The van der Waals surface area contributed by atoms with E-state index in [0.29, 0.717) is 18.9 Å². The maximum Gasteiger partial charge on any atom is 0.195 e.